The molecule has 0 heterocycles. The SMILES string of the molecule is C=CCNC(=NCC(=O)N(C)C)NCCCN(C(C)C)C(C)C. The minimum absolute atomic E-state index is 0.0181. The van der Waals surface area contributed by atoms with Crippen LogP contribution in [-0.4, -0.2) is 74.0 Å². The maximum atomic E-state index is 11.6. The quantitative estimate of drug-likeness (QED) is 0.275. The zero-order valence-corrected chi connectivity index (χ0v) is 15.7. The Morgan fingerprint density at radius 3 is 2.26 bits per heavy atom. The van der Waals surface area contributed by atoms with Gasteiger partial charge in [0.15, 0.2) is 5.96 Å². The van der Waals surface area contributed by atoms with Crippen LogP contribution >= 0.6 is 0 Å². The second-order valence-corrected chi connectivity index (χ2v) is 6.33. The Morgan fingerprint density at radius 1 is 1.17 bits per heavy atom. The molecule has 134 valence electrons. The molecule has 0 unspecified atom stereocenters. The topological polar surface area (TPSA) is 60.0 Å². The van der Waals surface area contributed by atoms with Gasteiger partial charge >= 0.3 is 0 Å². The number of guanidine groups is 1. The number of nitrogens with one attached hydrogen (secondary N) is 2. The summed E-state index contributed by atoms with van der Waals surface area (Å²) in [6.45, 7) is 15.2. The highest BCUT2D eigenvalue weighted by atomic mass is 16.2. The smallest absolute Gasteiger partial charge is 0.243 e. The Bertz CT molecular complexity index is 369. The molecule has 1 amide bonds. The molecule has 0 rings (SSSR count). The van der Waals surface area contributed by atoms with Crippen molar-refractivity contribution in [3.63, 3.8) is 0 Å². The lowest BCUT2D eigenvalue weighted by Crippen LogP contribution is -2.41. The first-order chi connectivity index (χ1) is 10.8. The van der Waals surface area contributed by atoms with Crippen molar-refractivity contribution in [1.29, 1.82) is 0 Å². The summed E-state index contributed by atoms with van der Waals surface area (Å²) in [5.41, 5.74) is 0. The molecule has 23 heavy (non-hydrogen) atoms. The molecular formula is C17H35N5O. The fraction of sp³-hybridized carbons (Fsp3) is 0.765. The second-order valence-electron chi connectivity index (χ2n) is 6.33. The Labute approximate surface area is 142 Å². The number of nitrogens with zero attached hydrogens (tertiary/aromatic N) is 3. The largest absolute Gasteiger partial charge is 0.356 e. The van der Waals surface area contributed by atoms with Gasteiger partial charge in [-0.2, -0.15) is 0 Å². The molecule has 0 saturated carbocycles. The van der Waals surface area contributed by atoms with E-state index < -0.39 is 0 Å². The first-order valence-electron chi connectivity index (χ1n) is 8.38. The standard InChI is InChI=1S/C17H35N5O/c1-8-10-18-17(20-13-16(23)21(6)7)19-11-9-12-22(14(2)3)15(4)5/h8,14-15H,1,9-13H2,2-7H3,(H2,18,19,20). The van der Waals surface area contributed by atoms with Crippen molar-refractivity contribution in [2.75, 3.05) is 40.3 Å². The molecule has 0 aromatic rings. The number of aliphatic imine (C=N–C) groups is 1. The average molecular weight is 326 g/mol. The van der Waals surface area contributed by atoms with Gasteiger partial charge in [0.05, 0.1) is 0 Å². The summed E-state index contributed by atoms with van der Waals surface area (Å²) >= 11 is 0. The van der Waals surface area contributed by atoms with Gasteiger partial charge in [0.2, 0.25) is 5.91 Å². The van der Waals surface area contributed by atoms with Crippen LogP contribution in [0.3, 0.4) is 0 Å². The van der Waals surface area contributed by atoms with E-state index in [1.54, 1.807) is 20.2 Å². The van der Waals surface area contributed by atoms with Crippen LogP contribution in [0.1, 0.15) is 34.1 Å². The van der Waals surface area contributed by atoms with Crippen molar-refractivity contribution in [1.82, 2.24) is 20.4 Å². The van der Waals surface area contributed by atoms with Crippen LogP contribution in [0.4, 0.5) is 0 Å². The fourth-order valence-corrected chi connectivity index (χ4v) is 2.21. The zero-order chi connectivity index (χ0) is 17.8. The molecule has 0 aliphatic carbocycles. The summed E-state index contributed by atoms with van der Waals surface area (Å²) in [5.74, 6) is 0.635. The van der Waals surface area contributed by atoms with E-state index in [0.29, 0.717) is 24.6 Å². The van der Waals surface area contributed by atoms with Gasteiger partial charge in [0, 0.05) is 45.8 Å². The number of carbonyl (C=O) groups excluding carboxylic acids is 1. The van der Waals surface area contributed by atoms with E-state index in [0.717, 1.165) is 19.5 Å². The third-order valence-corrected chi connectivity index (χ3v) is 3.50. The maximum Gasteiger partial charge on any atom is 0.243 e. The first-order valence-corrected chi connectivity index (χ1v) is 8.38. The third kappa shape index (κ3) is 9.94. The van der Waals surface area contributed by atoms with Crippen molar-refractivity contribution < 1.29 is 4.79 Å². The Hall–Kier alpha value is -1.56. The monoisotopic (exact) mass is 325 g/mol. The van der Waals surface area contributed by atoms with Gasteiger partial charge in [-0.15, -0.1) is 6.58 Å². The molecule has 0 aliphatic heterocycles. The molecule has 0 aromatic carbocycles. The predicted octanol–water partition coefficient (Wildman–Crippen LogP) is 1.30. The minimum Gasteiger partial charge on any atom is -0.356 e. The number of carbonyl (C=O) groups is 1. The number of hydrogen-bond donors (Lipinski definition) is 2. The number of amides is 1. The van der Waals surface area contributed by atoms with Gasteiger partial charge in [0.1, 0.15) is 6.54 Å². The van der Waals surface area contributed by atoms with Crippen LogP contribution in [0.5, 0.6) is 0 Å². The van der Waals surface area contributed by atoms with Crippen LogP contribution in [0.15, 0.2) is 17.6 Å². The average Bonchev–Trinajstić information content (AvgIpc) is 2.47. The van der Waals surface area contributed by atoms with Gasteiger partial charge in [0.25, 0.3) is 0 Å². The Morgan fingerprint density at radius 2 is 1.78 bits per heavy atom. The lowest BCUT2D eigenvalue weighted by atomic mass is 10.2. The molecule has 0 bridgehead atoms. The van der Waals surface area contributed by atoms with E-state index in [4.69, 9.17) is 0 Å². The van der Waals surface area contributed by atoms with Crippen LogP contribution in [-0.2, 0) is 4.79 Å². The summed E-state index contributed by atoms with van der Waals surface area (Å²) in [4.78, 5) is 19.9. The maximum absolute atomic E-state index is 11.6. The molecule has 2 N–H and O–H groups in total. The van der Waals surface area contributed by atoms with Crippen molar-refractivity contribution in [2.45, 2.75) is 46.2 Å². The van der Waals surface area contributed by atoms with E-state index in [-0.39, 0.29) is 12.5 Å². The molecule has 0 spiro atoms. The third-order valence-electron chi connectivity index (χ3n) is 3.50. The molecule has 0 atom stereocenters. The van der Waals surface area contributed by atoms with E-state index in [1.165, 1.54) is 4.90 Å². The van der Waals surface area contributed by atoms with E-state index in [2.05, 4.69) is 54.8 Å². The van der Waals surface area contributed by atoms with E-state index >= 15 is 0 Å². The second kappa shape index (κ2) is 11.9. The van der Waals surface area contributed by atoms with Gasteiger partial charge in [-0.25, -0.2) is 4.99 Å². The lowest BCUT2D eigenvalue weighted by Gasteiger charge is -2.30. The van der Waals surface area contributed by atoms with Crippen molar-refractivity contribution in [3.8, 4) is 0 Å². The highest BCUT2D eigenvalue weighted by Crippen LogP contribution is 2.05. The summed E-state index contributed by atoms with van der Waals surface area (Å²) in [6, 6.07) is 1.08. The zero-order valence-electron chi connectivity index (χ0n) is 15.7. The highest BCUT2D eigenvalue weighted by Gasteiger charge is 2.12. The summed E-state index contributed by atoms with van der Waals surface area (Å²) in [7, 11) is 3.46. The van der Waals surface area contributed by atoms with Crippen LogP contribution in [0.2, 0.25) is 0 Å². The fourth-order valence-electron chi connectivity index (χ4n) is 2.21. The van der Waals surface area contributed by atoms with Gasteiger partial charge in [-0.3, -0.25) is 9.69 Å². The first kappa shape index (κ1) is 21.4. The van der Waals surface area contributed by atoms with Gasteiger partial charge in [-0.05, 0) is 34.1 Å². The predicted molar refractivity (Wildman–Crippen MR) is 98.8 cm³/mol. The van der Waals surface area contributed by atoms with Crippen molar-refractivity contribution in [3.05, 3.63) is 12.7 Å². The molecule has 0 radical (unpaired) electrons. The lowest BCUT2D eigenvalue weighted by molar-refractivity contribution is -0.127. The Balaban J connectivity index is 4.36. The molecular weight excluding hydrogens is 290 g/mol. The van der Waals surface area contributed by atoms with Crippen LogP contribution in [0.25, 0.3) is 0 Å². The molecule has 6 heteroatoms. The van der Waals surface area contributed by atoms with Crippen molar-refractivity contribution >= 4 is 11.9 Å². The van der Waals surface area contributed by atoms with Gasteiger partial charge < -0.3 is 15.5 Å². The number of hydrogen-bond acceptors (Lipinski definition) is 3. The molecule has 0 fully saturated rings. The molecule has 0 aliphatic rings. The summed E-state index contributed by atoms with van der Waals surface area (Å²) in [6.07, 6.45) is 2.79. The normalized spacial score (nSPS) is 12.0. The number of rotatable bonds is 10. The summed E-state index contributed by atoms with van der Waals surface area (Å²) < 4.78 is 0. The molecule has 6 nitrogen and oxygen atoms in total. The van der Waals surface area contributed by atoms with Crippen molar-refractivity contribution in [2.24, 2.45) is 4.99 Å². The van der Waals surface area contributed by atoms with Gasteiger partial charge in [-0.1, -0.05) is 6.08 Å². The van der Waals surface area contributed by atoms with E-state index in [1.807, 2.05) is 0 Å². The molecule has 0 saturated heterocycles. The van der Waals surface area contributed by atoms with Crippen LogP contribution in [0, 0.1) is 0 Å². The number of likely N-dealkylation sites (N-methyl/N-ethyl adjacent to an activating group) is 1. The summed E-state index contributed by atoms with van der Waals surface area (Å²) in [5, 5.41) is 6.41. The van der Waals surface area contributed by atoms with E-state index in [9.17, 15) is 4.79 Å². The Kier molecular flexibility index (Phi) is 11.1. The van der Waals surface area contributed by atoms with Crippen LogP contribution < -0.4 is 10.6 Å². The highest BCUT2D eigenvalue weighted by molar-refractivity contribution is 5.84. The molecule has 0 aromatic heterocycles. The minimum atomic E-state index is -0.0181.